The van der Waals surface area contributed by atoms with E-state index in [-0.39, 0.29) is 32.0 Å². The molecule has 0 bridgehead atoms. The highest BCUT2D eigenvalue weighted by atomic mass is 16.5. The fourth-order valence-corrected chi connectivity index (χ4v) is 3.62. The lowest BCUT2D eigenvalue weighted by Gasteiger charge is -2.13. The molecular formula is C31H34N4O7. The summed E-state index contributed by atoms with van der Waals surface area (Å²) in [7, 11) is 0. The highest BCUT2D eigenvalue weighted by Gasteiger charge is 2.11. The Balaban J connectivity index is 1.47. The van der Waals surface area contributed by atoms with Gasteiger partial charge in [-0.2, -0.15) is 5.10 Å². The number of esters is 1. The second-order valence-corrected chi connectivity index (χ2v) is 8.93. The Hall–Kier alpha value is -5.19. The summed E-state index contributed by atoms with van der Waals surface area (Å²) < 4.78 is 16.2. The molecule has 11 nitrogen and oxygen atoms in total. The second-order valence-electron chi connectivity index (χ2n) is 8.93. The summed E-state index contributed by atoms with van der Waals surface area (Å²) in [6.45, 7) is 5.79. The average Bonchev–Trinajstić information content (AvgIpc) is 2.97. The van der Waals surface area contributed by atoms with E-state index >= 15 is 0 Å². The van der Waals surface area contributed by atoms with E-state index in [1.807, 2.05) is 32.0 Å². The van der Waals surface area contributed by atoms with Crippen molar-refractivity contribution in [2.45, 2.75) is 33.6 Å². The largest absolute Gasteiger partial charge is 0.490 e. The number of nitrogens with zero attached hydrogens (tertiary/aromatic N) is 1. The third-order valence-electron chi connectivity index (χ3n) is 5.71. The van der Waals surface area contributed by atoms with Gasteiger partial charge in [-0.05, 0) is 80.4 Å². The highest BCUT2D eigenvalue weighted by molar-refractivity contribution is 5.95. The molecule has 0 aromatic heterocycles. The molecule has 3 amide bonds. The van der Waals surface area contributed by atoms with Crippen molar-refractivity contribution in [1.82, 2.24) is 5.43 Å². The van der Waals surface area contributed by atoms with Crippen molar-refractivity contribution in [3.05, 3.63) is 83.4 Å². The van der Waals surface area contributed by atoms with Crippen molar-refractivity contribution in [3.63, 3.8) is 0 Å². The number of ether oxygens (including phenoxy) is 3. The molecule has 0 atom stereocenters. The zero-order valence-electron chi connectivity index (χ0n) is 23.8. The summed E-state index contributed by atoms with van der Waals surface area (Å²) in [6, 6.07) is 18.7. The molecule has 0 unspecified atom stereocenters. The van der Waals surface area contributed by atoms with E-state index in [1.165, 1.54) is 6.21 Å². The number of hydrogen-bond donors (Lipinski definition) is 3. The standard InChI is InChI=1S/C31H34N4O7/c1-4-40-27-18-22(19-32-35-29(37)17-16-28(36)34-25-9-7-6-8-21(25)3)10-15-26(27)42-20-30(38)33-24-13-11-23(12-14-24)31(39)41-5-2/h6-15,18-19H,4-5,16-17,20H2,1-3H3,(H,33,38)(H,34,36)(H,35,37). The van der Waals surface area contributed by atoms with Gasteiger partial charge in [0, 0.05) is 24.2 Å². The first kappa shape index (κ1) is 31.3. The van der Waals surface area contributed by atoms with Gasteiger partial charge in [-0.3, -0.25) is 14.4 Å². The van der Waals surface area contributed by atoms with Crippen LogP contribution in [0, 0.1) is 6.92 Å². The summed E-state index contributed by atoms with van der Waals surface area (Å²) in [5.74, 6) is -0.754. The Labute approximate surface area is 244 Å². The summed E-state index contributed by atoms with van der Waals surface area (Å²) in [5.41, 5.74) is 5.56. The van der Waals surface area contributed by atoms with Crippen LogP contribution >= 0.6 is 0 Å². The maximum atomic E-state index is 12.4. The van der Waals surface area contributed by atoms with Crippen molar-refractivity contribution >= 4 is 41.3 Å². The predicted octanol–water partition coefficient (Wildman–Crippen LogP) is 4.46. The summed E-state index contributed by atoms with van der Waals surface area (Å²) in [6.07, 6.45) is 1.43. The minimum atomic E-state index is -0.434. The number of anilines is 2. The van der Waals surface area contributed by atoms with E-state index in [4.69, 9.17) is 14.2 Å². The maximum Gasteiger partial charge on any atom is 0.338 e. The molecule has 0 saturated heterocycles. The number of hydrazone groups is 1. The summed E-state index contributed by atoms with van der Waals surface area (Å²) >= 11 is 0. The van der Waals surface area contributed by atoms with Crippen LogP contribution in [0.2, 0.25) is 0 Å². The Bertz CT molecular complexity index is 1420. The second kappa shape index (κ2) is 16.2. The molecule has 0 aliphatic carbocycles. The fraction of sp³-hybridized carbons (Fsp3) is 0.258. The van der Waals surface area contributed by atoms with Gasteiger partial charge in [0.1, 0.15) is 0 Å². The minimum absolute atomic E-state index is 0.0166. The highest BCUT2D eigenvalue weighted by Crippen LogP contribution is 2.28. The van der Waals surface area contributed by atoms with Crippen molar-refractivity contribution in [3.8, 4) is 11.5 Å². The SMILES string of the molecule is CCOC(=O)c1ccc(NC(=O)COc2ccc(C=NNC(=O)CCC(=O)Nc3ccccc3C)cc2OCC)cc1. The first-order chi connectivity index (χ1) is 20.3. The Morgan fingerprint density at radius 2 is 1.52 bits per heavy atom. The van der Waals surface area contributed by atoms with Crippen LogP contribution in [0.3, 0.4) is 0 Å². The van der Waals surface area contributed by atoms with E-state index in [0.717, 1.165) is 5.56 Å². The number of para-hydroxylation sites is 1. The maximum absolute atomic E-state index is 12.4. The smallest absolute Gasteiger partial charge is 0.338 e. The number of amides is 3. The molecule has 3 aromatic rings. The third-order valence-corrected chi connectivity index (χ3v) is 5.71. The van der Waals surface area contributed by atoms with Gasteiger partial charge in [0.2, 0.25) is 11.8 Å². The van der Waals surface area contributed by atoms with E-state index in [1.54, 1.807) is 55.5 Å². The lowest BCUT2D eigenvalue weighted by Crippen LogP contribution is -2.21. The molecule has 3 N–H and O–H groups in total. The molecule has 11 heteroatoms. The lowest BCUT2D eigenvalue weighted by molar-refractivity contribution is -0.124. The minimum Gasteiger partial charge on any atom is -0.490 e. The van der Waals surface area contributed by atoms with Crippen LogP contribution in [0.15, 0.2) is 71.8 Å². The normalized spacial score (nSPS) is 10.5. The number of nitrogens with one attached hydrogen (secondary N) is 3. The van der Waals surface area contributed by atoms with Crippen LogP contribution in [0.5, 0.6) is 11.5 Å². The van der Waals surface area contributed by atoms with Gasteiger partial charge in [-0.15, -0.1) is 0 Å². The van der Waals surface area contributed by atoms with Gasteiger partial charge in [-0.1, -0.05) is 18.2 Å². The first-order valence-electron chi connectivity index (χ1n) is 13.4. The van der Waals surface area contributed by atoms with Crippen molar-refractivity contribution in [1.29, 1.82) is 0 Å². The van der Waals surface area contributed by atoms with Crippen LogP contribution in [0.1, 0.15) is 48.2 Å². The molecule has 0 saturated carbocycles. The predicted molar refractivity (Wildman–Crippen MR) is 159 cm³/mol. The Kier molecular flexibility index (Phi) is 12.1. The number of hydrogen-bond acceptors (Lipinski definition) is 8. The third kappa shape index (κ3) is 10.1. The van der Waals surface area contributed by atoms with Crippen molar-refractivity contribution in [2.24, 2.45) is 5.10 Å². The Morgan fingerprint density at radius 1 is 0.786 bits per heavy atom. The zero-order chi connectivity index (χ0) is 30.3. The molecule has 220 valence electrons. The van der Waals surface area contributed by atoms with Gasteiger partial charge in [0.15, 0.2) is 18.1 Å². The first-order valence-corrected chi connectivity index (χ1v) is 13.4. The summed E-state index contributed by atoms with van der Waals surface area (Å²) in [5, 5.41) is 9.44. The van der Waals surface area contributed by atoms with E-state index < -0.39 is 17.8 Å². The number of aryl methyl sites for hydroxylation is 1. The average molecular weight is 575 g/mol. The molecule has 0 fully saturated rings. The molecule has 0 aliphatic heterocycles. The van der Waals surface area contributed by atoms with Crippen molar-refractivity contribution < 1.29 is 33.4 Å². The molecular weight excluding hydrogens is 540 g/mol. The number of carbonyl (C=O) groups is 4. The lowest BCUT2D eigenvalue weighted by atomic mass is 10.2. The number of benzene rings is 3. The molecule has 3 rings (SSSR count). The molecule has 42 heavy (non-hydrogen) atoms. The quantitative estimate of drug-likeness (QED) is 0.146. The van der Waals surface area contributed by atoms with Crippen LogP contribution in [0.25, 0.3) is 0 Å². The van der Waals surface area contributed by atoms with Crippen LogP contribution in [0.4, 0.5) is 11.4 Å². The van der Waals surface area contributed by atoms with E-state index in [9.17, 15) is 19.2 Å². The number of rotatable bonds is 14. The zero-order valence-corrected chi connectivity index (χ0v) is 23.8. The van der Waals surface area contributed by atoms with Crippen LogP contribution in [-0.4, -0.2) is 49.7 Å². The van der Waals surface area contributed by atoms with E-state index in [0.29, 0.717) is 40.6 Å². The Morgan fingerprint density at radius 3 is 2.24 bits per heavy atom. The van der Waals surface area contributed by atoms with Gasteiger partial charge in [-0.25, -0.2) is 10.2 Å². The topological polar surface area (TPSA) is 144 Å². The summed E-state index contributed by atoms with van der Waals surface area (Å²) in [4.78, 5) is 48.4. The van der Waals surface area contributed by atoms with Gasteiger partial charge in [0.05, 0.1) is 25.0 Å². The molecule has 0 radical (unpaired) electrons. The van der Waals surface area contributed by atoms with Gasteiger partial charge >= 0.3 is 5.97 Å². The fourth-order valence-electron chi connectivity index (χ4n) is 3.62. The monoisotopic (exact) mass is 574 g/mol. The molecule has 3 aromatic carbocycles. The van der Waals surface area contributed by atoms with Gasteiger partial charge < -0.3 is 24.8 Å². The number of carbonyl (C=O) groups excluding carboxylic acids is 4. The van der Waals surface area contributed by atoms with E-state index in [2.05, 4.69) is 21.2 Å². The molecule has 0 spiro atoms. The van der Waals surface area contributed by atoms with Crippen molar-refractivity contribution in [2.75, 3.05) is 30.5 Å². The van der Waals surface area contributed by atoms with Crippen LogP contribution in [-0.2, 0) is 19.1 Å². The molecule has 0 aliphatic rings. The molecule has 0 heterocycles. The van der Waals surface area contributed by atoms with Gasteiger partial charge in [0.25, 0.3) is 5.91 Å². The van der Waals surface area contributed by atoms with Crippen LogP contribution < -0.4 is 25.5 Å².